The Balaban J connectivity index is 1.64. The summed E-state index contributed by atoms with van der Waals surface area (Å²) in [5, 5.41) is 10.3. The van der Waals surface area contributed by atoms with Gasteiger partial charge in [-0.3, -0.25) is 14.6 Å². The summed E-state index contributed by atoms with van der Waals surface area (Å²) >= 11 is 7.05. The van der Waals surface area contributed by atoms with Gasteiger partial charge in [-0.15, -0.1) is 0 Å². The van der Waals surface area contributed by atoms with Gasteiger partial charge in [0.25, 0.3) is 5.97 Å². The fourth-order valence-electron chi connectivity index (χ4n) is 2.68. The zero-order chi connectivity index (χ0) is 20.8. The minimum atomic E-state index is -0.406. The molecule has 3 aromatic rings. The van der Waals surface area contributed by atoms with Crippen LogP contribution < -0.4 is 9.61 Å². The summed E-state index contributed by atoms with van der Waals surface area (Å²) in [6.07, 6.45) is 0.445. The number of aromatic amines is 1. The number of nitrogens with one attached hydrogen (secondary N) is 1. The fourth-order valence-corrected chi connectivity index (χ4v) is 3.63. The van der Waals surface area contributed by atoms with Crippen LogP contribution in [0.1, 0.15) is 28.7 Å². The van der Waals surface area contributed by atoms with Crippen LogP contribution in [0.5, 0.6) is 11.6 Å². The third-order valence-electron chi connectivity index (χ3n) is 4.09. The van der Waals surface area contributed by atoms with Crippen molar-refractivity contribution in [2.24, 2.45) is 0 Å². The number of carbonyl (C=O) groups is 1. The average Bonchev–Trinajstić information content (AvgIpc) is 2.99. The van der Waals surface area contributed by atoms with E-state index in [1.807, 2.05) is 36.4 Å². The minimum Gasteiger partial charge on any atom is -0.538 e. The maximum atomic E-state index is 11.3. The molecule has 1 heterocycles. The predicted octanol–water partition coefficient (Wildman–Crippen LogP) is 3.69. The largest absolute Gasteiger partial charge is 0.538 e. The van der Waals surface area contributed by atoms with Crippen LogP contribution in [0, 0.1) is 0 Å². The highest BCUT2D eigenvalue weighted by Gasteiger charge is 2.18. The van der Waals surface area contributed by atoms with E-state index in [2.05, 4.69) is 4.98 Å². The van der Waals surface area contributed by atoms with Gasteiger partial charge in [-0.25, -0.2) is 0 Å². The summed E-state index contributed by atoms with van der Waals surface area (Å²) in [6.45, 7) is 1.59. The van der Waals surface area contributed by atoms with Crippen molar-refractivity contribution >= 4 is 36.4 Å². The molecule has 0 bridgehead atoms. The van der Waals surface area contributed by atoms with Crippen LogP contribution in [0.2, 0.25) is 5.02 Å². The number of H-pyrrole nitrogens is 1. The Morgan fingerprint density at radius 3 is 2.66 bits per heavy atom. The first-order valence-corrected chi connectivity index (χ1v) is 9.99. The van der Waals surface area contributed by atoms with Crippen molar-refractivity contribution in [1.82, 2.24) is 4.98 Å². The maximum absolute atomic E-state index is 11.3. The zero-order valence-corrected chi connectivity index (χ0v) is 17.1. The molecule has 2 N–H and O–H groups in total. The normalized spacial score (nSPS) is 11.7. The molecule has 0 aliphatic rings. The number of ether oxygens (including phenoxy) is 1. The molecule has 2 aromatic carbocycles. The molecule has 149 valence electrons. The molecule has 6 nitrogen and oxygen atoms in total. The predicted molar refractivity (Wildman–Crippen MR) is 113 cm³/mol. The first-order valence-electron chi connectivity index (χ1n) is 8.79. The van der Waals surface area contributed by atoms with Crippen LogP contribution in [-0.2, 0) is 15.9 Å². The topological polar surface area (TPSA) is 88.6 Å². The van der Waals surface area contributed by atoms with E-state index >= 15 is 0 Å². The molecule has 0 spiro atoms. The second kappa shape index (κ2) is 9.67. The van der Waals surface area contributed by atoms with Gasteiger partial charge in [0.2, 0.25) is 5.88 Å². The smallest absolute Gasteiger partial charge is 0.385 e. The average molecular weight is 431 g/mol. The second-order valence-electron chi connectivity index (χ2n) is 6.33. The summed E-state index contributed by atoms with van der Waals surface area (Å²) in [5.41, 5.74) is 1.80. The highest BCUT2D eigenvalue weighted by molar-refractivity contribution is 7.09. The highest BCUT2D eigenvalue weighted by Crippen LogP contribution is 2.24. The number of aromatic hydroxyl groups is 1. The van der Waals surface area contributed by atoms with Gasteiger partial charge in [-0.1, -0.05) is 47.2 Å². The van der Waals surface area contributed by atoms with Gasteiger partial charge < -0.3 is 14.5 Å². The zero-order valence-electron chi connectivity index (χ0n) is 15.6. The molecule has 0 saturated carbocycles. The molecule has 0 amide bonds. The molecule has 3 rings (SSSR count). The van der Waals surface area contributed by atoms with Crippen LogP contribution in [0.3, 0.4) is 0 Å². The van der Waals surface area contributed by atoms with E-state index in [9.17, 15) is 14.7 Å². The Hall–Kier alpha value is -2.71. The number of hydrogen-bond donors (Lipinski definition) is 2. The van der Waals surface area contributed by atoms with Crippen LogP contribution in [-0.4, -0.2) is 30.1 Å². The molecule has 0 aliphatic carbocycles. The SMILES string of the molecule is CC(=O)O[B]C(COc1ccc(Cc2sc(=O)[nH]c2O)cc1)c1cccc(Cl)c1. The Labute approximate surface area is 177 Å². The molecule has 0 fully saturated rings. The lowest BCUT2D eigenvalue weighted by Gasteiger charge is -2.17. The minimum absolute atomic E-state index is 0.0919. The number of thiazole rings is 1. The van der Waals surface area contributed by atoms with Gasteiger partial charge in [0, 0.05) is 24.2 Å². The van der Waals surface area contributed by atoms with Crippen molar-refractivity contribution in [3.05, 3.63) is 79.2 Å². The molecular weight excluding hydrogens is 413 g/mol. The van der Waals surface area contributed by atoms with Crippen molar-refractivity contribution < 1.29 is 19.3 Å². The quantitative estimate of drug-likeness (QED) is 0.532. The molecule has 1 atom stereocenters. The standard InChI is InChI=1S/C20H18BClNO5S/c1-12(24)28-21-17(14-3-2-4-15(22)10-14)11-27-16-7-5-13(6-8-16)9-18-19(25)23-20(26)29-18/h2-8,10,17,25H,9,11H2,1H3,(H,23,26). The van der Waals surface area contributed by atoms with Gasteiger partial charge in [0.05, 0.1) is 11.5 Å². The maximum Gasteiger partial charge on any atom is 0.385 e. The number of benzene rings is 2. The van der Waals surface area contributed by atoms with Crippen molar-refractivity contribution in [2.45, 2.75) is 19.2 Å². The molecule has 1 unspecified atom stereocenters. The van der Waals surface area contributed by atoms with E-state index in [-0.39, 0.29) is 23.2 Å². The monoisotopic (exact) mass is 430 g/mol. The number of carbonyl (C=O) groups excluding carboxylic acids is 1. The molecule has 0 saturated heterocycles. The summed E-state index contributed by atoms with van der Waals surface area (Å²) in [5.74, 6) is -0.141. The van der Waals surface area contributed by atoms with Crippen LogP contribution in [0.25, 0.3) is 0 Å². The Bertz CT molecular complexity index is 1030. The number of aromatic nitrogens is 1. The summed E-state index contributed by atoms with van der Waals surface area (Å²) in [7, 11) is 1.44. The van der Waals surface area contributed by atoms with Gasteiger partial charge in [0.15, 0.2) is 0 Å². The van der Waals surface area contributed by atoms with Crippen LogP contribution in [0.4, 0.5) is 0 Å². The van der Waals surface area contributed by atoms with Crippen molar-refractivity contribution in [1.29, 1.82) is 0 Å². The van der Waals surface area contributed by atoms with Gasteiger partial charge in [-0.2, -0.15) is 0 Å². The lowest BCUT2D eigenvalue weighted by atomic mass is 9.75. The summed E-state index contributed by atoms with van der Waals surface area (Å²) < 4.78 is 10.9. The third kappa shape index (κ3) is 6.14. The van der Waals surface area contributed by atoms with Gasteiger partial charge in [-0.05, 0) is 35.4 Å². The second-order valence-corrected chi connectivity index (χ2v) is 7.83. The van der Waals surface area contributed by atoms with E-state index in [1.165, 1.54) is 14.4 Å². The Morgan fingerprint density at radius 1 is 1.28 bits per heavy atom. The molecule has 1 aromatic heterocycles. The molecule has 1 radical (unpaired) electrons. The van der Waals surface area contributed by atoms with E-state index in [1.54, 1.807) is 12.1 Å². The van der Waals surface area contributed by atoms with E-state index in [0.717, 1.165) is 22.5 Å². The van der Waals surface area contributed by atoms with Crippen molar-refractivity contribution in [3.63, 3.8) is 0 Å². The van der Waals surface area contributed by atoms with Crippen LogP contribution in [0.15, 0.2) is 53.3 Å². The van der Waals surface area contributed by atoms with Crippen LogP contribution >= 0.6 is 22.9 Å². The first-order chi connectivity index (χ1) is 13.9. The summed E-state index contributed by atoms with van der Waals surface area (Å²) in [6, 6.07) is 14.6. The highest BCUT2D eigenvalue weighted by atomic mass is 35.5. The van der Waals surface area contributed by atoms with Gasteiger partial charge in [0.1, 0.15) is 5.75 Å². The first kappa shape index (κ1) is 21.0. The molecule has 0 aliphatic heterocycles. The lowest BCUT2D eigenvalue weighted by Crippen LogP contribution is -2.21. The van der Waals surface area contributed by atoms with E-state index in [0.29, 0.717) is 22.1 Å². The number of halogens is 1. The van der Waals surface area contributed by atoms with Crippen molar-refractivity contribution in [3.8, 4) is 11.6 Å². The summed E-state index contributed by atoms with van der Waals surface area (Å²) in [4.78, 5) is 25.1. The molecule has 29 heavy (non-hydrogen) atoms. The Kier molecular flexibility index (Phi) is 7.01. The molecular formula is C20H18BClNO5S. The van der Waals surface area contributed by atoms with Crippen molar-refractivity contribution in [2.75, 3.05) is 6.61 Å². The number of rotatable bonds is 8. The number of hydrogen-bond acceptors (Lipinski definition) is 6. The third-order valence-corrected chi connectivity index (χ3v) is 5.20. The molecule has 9 heteroatoms. The van der Waals surface area contributed by atoms with E-state index < -0.39 is 5.97 Å². The lowest BCUT2D eigenvalue weighted by molar-refractivity contribution is -0.132. The Morgan fingerprint density at radius 2 is 2.03 bits per heavy atom. The fraction of sp³-hybridized carbons (Fsp3) is 0.200. The van der Waals surface area contributed by atoms with Gasteiger partial charge >= 0.3 is 12.4 Å². The van der Waals surface area contributed by atoms with E-state index in [4.69, 9.17) is 21.0 Å².